The van der Waals surface area contributed by atoms with Gasteiger partial charge in [-0.2, -0.15) is 0 Å². The van der Waals surface area contributed by atoms with Crippen LogP contribution < -0.4 is 5.73 Å². The summed E-state index contributed by atoms with van der Waals surface area (Å²) in [7, 11) is 1.34. The molecule has 0 saturated heterocycles. The lowest BCUT2D eigenvalue weighted by atomic mass is 10.5. The van der Waals surface area contributed by atoms with Gasteiger partial charge in [0, 0.05) is 0 Å². The first-order valence-electron chi connectivity index (χ1n) is 2.29. The van der Waals surface area contributed by atoms with E-state index in [-0.39, 0.29) is 12.3 Å². The Bertz CT molecular complexity index is 126. The zero-order valence-electron chi connectivity index (χ0n) is 5.03. The van der Waals surface area contributed by atoms with Crippen molar-refractivity contribution in [3.63, 3.8) is 0 Å². The number of rotatable bonds is 3. The maximum atomic E-state index is 9.72. The fourth-order valence-corrected chi connectivity index (χ4v) is 0.306. The molecule has 9 heavy (non-hydrogen) atoms. The molecule has 0 fully saturated rings. The van der Waals surface area contributed by atoms with Crippen LogP contribution in [-0.4, -0.2) is 18.6 Å². The number of ether oxygens (including phenoxy) is 1. The largest absolute Gasteiger partial charge is 0.493 e. The molecule has 0 saturated carbocycles. The van der Waals surface area contributed by atoms with Crippen LogP contribution in [0.25, 0.3) is 0 Å². The van der Waals surface area contributed by atoms with Gasteiger partial charge in [-0.15, -0.1) is 0 Å². The fourth-order valence-electron chi connectivity index (χ4n) is 0.306. The normalized spacial score (nSPS) is 11.1. The van der Waals surface area contributed by atoms with Gasteiger partial charge in [-0.05, 0) is 0 Å². The molecule has 0 aromatic carbocycles. The second kappa shape index (κ2) is 3.85. The Morgan fingerprint density at radius 2 is 2.56 bits per heavy atom. The Balaban J connectivity index is 3.91. The summed E-state index contributed by atoms with van der Waals surface area (Å²) in [6, 6.07) is 0. The van der Waals surface area contributed by atoms with Crippen molar-refractivity contribution in [2.24, 2.45) is 5.73 Å². The molecule has 0 amide bonds. The van der Waals surface area contributed by atoms with E-state index in [2.05, 4.69) is 4.74 Å². The van der Waals surface area contributed by atoms with Crippen molar-refractivity contribution < 1.29 is 9.66 Å². The van der Waals surface area contributed by atoms with Crippen LogP contribution in [0.2, 0.25) is 0 Å². The van der Waals surface area contributed by atoms with Crippen LogP contribution in [0.5, 0.6) is 0 Å². The predicted octanol–water partition coefficient (Wildman–Crippen LogP) is -0.290. The molecule has 0 aliphatic rings. The van der Waals surface area contributed by atoms with Gasteiger partial charge in [0.05, 0.1) is 18.6 Å². The highest BCUT2D eigenvalue weighted by atomic mass is 16.6. The monoisotopic (exact) mass is 132 g/mol. The molecule has 0 unspecified atom stereocenters. The van der Waals surface area contributed by atoms with Crippen molar-refractivity contribution in [1.82, 2.24) is 0 Å². The Kier molecular flexibility index (Phi) is 3.38. The predicted molar refractivity (Wildman–Crippen MR) is 31.1 cm³/mol. The van der Waals surface area contributed by atoms with Gasteiger partial charge in [-0.25, -0.2) is 0 Å². The molecule has 52 valence electrons. The summed E-state index contributed by atoms with van der Waals surface area (Å²) in [5, 5.41) is 9.72. The van der Waals surface area contributed by atoms with Crippen molar-refractivity contribution in [2.75, 3.05) is 13.7 Å². The molecule has 0 spiro atoms. The van der Waals surface area contributed by atoms with Crippen LogP contribution in [0.15, 0.2) is 12.0 Å². The minimum Gasteiger partial charge on any atom is -0.493 e. The van der Waals surface area contributed by atoms with Gasteiger partial charge in [-0.3, -0.25) is 10.1 Å². The molecule has 0 bridgehead atoms. The van der Waals surface area contributed by atoms with E-state index >= 15 is 0 Å². The van der Waals surface area contributed by atoms with Crippen LogP contribution in [-0.2, 0) is 4.74 Å². The number of nitrogens with zero attached hydrogens (tertiary/aromatic N) is 1. The van der Waals surface area contributed by atoms with Gasteiger partial charge in [0.1, 0.15) is 0 Å². The maximum Gasteiger partial charge on any atom is 0.273 e. The van der Waals surface area contributed by atoms with Crippen molar-refractivity contribution in [3.05, 3.63) is 22.1 Å². The van der Waals surface area contributed by atoms with Gasteiger partial charge in [-0.1, -0.05) is 0 Å². The average Bonchev–Trinajstić information content (AvgIpc) is 1.82. The van der Waals surface area contributed by atoms with E-state index in [0.717, 1.165) is 6.20 Å². The van der Waals surface area contributed by atoms with Crippen LogP contribution in [0, 0.1) is 10.1 Å². The smallest absolute Gasteiger partial charge is 0.273 e. The van der Waals surface area contributed by atoms with E-state index in [4.69, 9.17) is 5.73 Å². The third kappa shape index (κ3) is 3.48. The summed E-state index contributed by atoms with van der Waals surface area (Å²) in [6.07, 6.45) is 0.736. The fraction of sp³-hybridized carbons (Fsp3) is 0.500. The van der Waals surface area contributed by atoms with Crippen molar-refractivity contribution in [1.29, 1.82) is 0 Å². The molecule has 0 aliphatic heterocycles. The van der Waals surface area contributed by atoms with Gasteiger partial charge in [0.25, 0.3) is 6.20 Å². The van der Waals surface area contributed by atoms with E-state index in [1.54, 1.807) is 0 Å². The molecule has 5 heteroatoms. The molecule has 0 atom stereocenters. The van der Waals surface area contributed by atoms with E-state index < -0.39 is 4.92 Å². The zero-order valence-corrected chi connectivity index (χ0v) is 5.03. The number of nitro groups is 1. The van der Waals surface area contributed by atoms with Crippen molar-refractivity contribution in [3.8, 4) is 0 Å². The first-order chi connectivity index (χ1) is 4.20. The molecule has 0 radical (unpaired) electrons. The third-order valence-electron chi connectivity index (χ3n) is 0.713. The first-order valence-corrected chi connectivity index (χ1v) is 2.29. The summed E-state index contributed by atoms with van der Waals surface area (Å²) in [5.41, 5.74) is 5.03. The number of hydrogen-bond donors (Lipinski definition) is 1. The average molecular weight is 132 g/mol. The Hall–Kier alpha value is -1.10. The van der Waals surface area contributed by atoms with E-state index in [0.29, 0.717) is 0 Å². The molecular formula is C4H8N2O3. The van der Waals surface area contributed by atoms with Gasteiger partial charge in [0.15, 0.2) is 5.76 Å². The molecule has 0 rings (SSSR count). The summed E-state index contributed by atoms with van der Waals surface area (Å²) >= 11 is 0. The Morgan fingerprint density at radius 3 is 2.67 bits per heavy atom. The summed E-state index contributed by atoms with van der Waals surface area (Å²) < 4.78 is 4.50. The first kappa shape index (κ1) is 7.90. The minimum atomic E-state index is -0.605. The maximum absolute atomic E-state index is 9.72. The second-order valence-corrected chi connectivity index (χ2v) is 1.29. The van der Waals surface area contributed by atoms with Gasteiger partial charge in [0.2, 0.25) is 0 Å². The van der Waals surface area contributed by atoms with Crippen LogP contribution in [0.3, 0.4) is 0 Å². The lowest BCUT2D eigenvalue weighted by Gasteiger charge is -1.95. The summed E-state index contributed by atoms with van der Waals surface area (Å²) in [4.78, 5) is 9.12. The second-order valence-electron chi connectivity index (χ2n) is 1.29. The lowest BCUT2D eigenvalue weighted by Crippen LogP contribution is -2.06. The summed E-state index contributed by atoms with van der Waals surface area (Å²) in [5.74, 6) is 0.167. The third-order valence-corrected chi connectivity index (χ3v) is 0.713. The SMILES string of the molecule is COC(=C[N+](=O)[O-])CN. The highest BCUT2D eigenvalue weighted by Gasteiger charge is 1.96. The van der Waals surface area contributed by atoms with Crippen LogP contribution in [0.1, 0.15) is 0 Å². The minimum absolute atomic E-state index is 0.0531. The van der Waals surface area contributed by atoms with Gasteiger partial charge >= 0.3 is 0 Å². The lowest BCUT2D eigenvalue weighted by molar-refractivity contribution is -0.405. The standard InChI is InChI=1S/C4H8N2O3/c1-9-4(2-5)3-6(7)8/h3H,2,5H2,1H3. The molecular weight excluding hydrogens is 124 g/mol. The Morgan fingerprint density at radius 1 is 2.00 bits per heavy atom. The topological polar surface area (TPSA) is 78.4 Å². The quantitative estimate of drug-likeness (QED) is 0.325. The molecule has 0 aromatic rings. The van der Waals surface area contributed by atoms with Gasteiger partial charge < -0.3 is 10.5 Å². The van der Waals surface area contributed by atoms with Crippen molar-refractivity contribution >= 4 is 0 Å². The highest BCUT2D eigenvalue weighted by Crippen LogP contribution is 1.89. The molecule has 0 aromatic heterocycles. The molecule has 2 N–H and O–H groups in total. The van der Waals surface area contributed by atoms with E-state index in [9.17, 15) is 10.1 Å². The van der Waals surface area contributed by atoms with E-state index in [1.165, 1.54) is 7.11 Å². The van der Waals surface area contributed by atoms with Crippen molar-refractivity contribution in [2.45, 2.75) is 0 Å². The van der Waals surface area contributed by atoms with Crippen LogP contribution in [0.4, 0.5) is 0 Å². The number of methoxy groups -OCH3 is 1. The van der Waals surface area contributed by atoms with Crippen LogP contribution >= 0.6 is 0 Å². The molecule has 0 aliphatic carbocycles. The Labute approximate surface area is 52.3 Å². The number of nitrogens with two attached hydrogens (primary N) is 1. The molecule has 0 heterocycles. The summed E-state index contributed by atoms with van der Waals surface area (Å²) in [6.45, 7) is 0.0531. The highest BCUT2D eigenvalue weighted by molar-refractivity contribution is 4.86. The zero-order chi connectivity index (χ0) is 7.28. The molecule has 5 nitrogen and oxygen atoms in total. The van der Waals surface area contributed by atoms with E-state index in [1.807, 2.05) is 0 Å². The number of hydrogen-bond acceptors (Lipinski definition) is 4.